The molecule has 1 fully saturated rings. The molecule has 1 saturated heterocycles. The van der Waals surface area contributed by atoms with E-state index in [0.29, 0.717) is 0 Å². The van der Waals surface area contributed by atoms with Gasteiger partial charge in [0, 0.05) is 6.04 Å². The number of nitrogens with one attached hydrogen (secondary N) is 1. The summed E-state index contributed by atoms with van der Waals surface area (Å²) in [5.74, 6) is -1.52. The highest BCUT2D eigenvalue weighted by atomic mass is 19.2. The molecule has 1 aliphatic rings. The first-order valence-electron chi connectivity index (χ1n) is 5.46. The molecule has 0 radical (unpaired) electrons. The summed E-state index contributed by atoms with van der Waals surface area (Å²) in [6.07, 6.45) is 4.54. The van der Waals surface area contributed by atoms with E-state index in [9.17, 15) is 8.78 Å². The maximum atomic E-state index is 13.0. The molecule has 0 bridgehead atoms. The van der Waals surface area contributed by atoms with Gasteiger partial charge in [-0.15, -0.1) is 0 Å². The van der Waals surface area contributed by atoms with Crippen LogP contribution in [-0.2, 0) is 0 Å². The quantitative estimate of drug-likeness (QED) is 0.752. The fourth-order valence-corrected chi connectivity index (χ4v) is 2.04. The Bertz CT molecular complexity index is 330. The van der Waals surface area contributed by atoms with E-state index in [1.165, 1.54) is 25.0 Å². The van der Waals surface area contributed by atoms with Crippen molar-refractivity contribution in [2.24, 2.45) is 0 Å². The monoisotopic (exact) mass is 211 g/mol. The standard InChI is InChI=1S/C12H15F2N/c13-10-6-5-9(8-11(10)14)12-4-2-1-3-7-15-12/h5-6,8,12,15H,1-4,7H2/t12-/m1/s1. The number of hydrogen-bond acceptors (Lipinski definition) is 1. The van der Waals surface area contributed by atoms with E-state index in [1.54, 1.807) is 6.07 Å². The number of hydrogen-bond donors (Lipinski definition) is 1. The van der Waals surface area contributed by atoms with Gasteiger partial charge in [-0.25, -0.2) is 8.78 Å². The van der Waals surface area contributed by atoms with Gasteiger partial charge in [0.05, 0.1) is 0 Å². The molecule has 15 heavy (non-hydrogen) atoms. The molecular formula is C12H15F2N. The highest BCUT2D eigenvalue weighted by Crippen LogP contribution is 2.23. The lowest BCUT2D eigenvalue weighted by Gasteiger charge is -2.16. The average Bonchev–Trinajstić information content (AvgIpc) is 2.50. The van der Waals surface area contributed by atoms with Gasteiger partial charge in [-0.2, -0.15) is 0 Å². The Kier molecular flexibility index (Phi) is 3.31. The SMILES string of the molecule is Fc1ccc([C@H]2CCCCCN2)cc1F. The third-order valence-electron chi connectivity index (χ3n) is 2.91. The molecule has 1 nitrogen and oxygen atoms in total. The first kappa shape index (κ1) is 10.6. The van der Waals surface area contributed by atoms with E-state index in [1.807, 2.05) is 0 Å². The molecule has 0 amide bonds. The summed E-state index contributed by atoms with van der Waals surface area (Å²) < 4.78 is 25.8. The minimum Gasteiger partial charge on any atom is -0.310 e. The highest BCUT2D eigenvalue weighted by molar-refractivity contribution is 5.21. The average molecular weight is 211 g/mol. The second-order valence-corrected chi connectivity index (χ2v) is 4.03. The molecule has 1 aromatic rings. The van der Waals surface area contributed by atoms with Gasteiger partial charge >= 0.3 is 0 Å². The normalized spacial score (nSPS) is 22.4. The summed E-state index contributed by atoms with van der Waals surface area (Å²) in [5, 5.41) is 3.36. The van der Waals surface area contributed by atoms with Gasteiger partial charge in [-0.05, 0) is 37.1 Å². The lowest BCUT2D eigenvalue weighted by atomic mass is 10.0. The minimum absolute atomic E-state index is 0.183. The second-order valence-electron chi connectivity index (χ2n) is 4.03. The number of halogens is 2. The highest BCUT2D eigenvalue weighted by Gasteiger charge is 2.14. The van der Waals surface area contributed by atoms with Gasteiger partial charge in [0.15, 0.2) is 11.6 Å². The van der Waals surface area contributed by atoms with Crippen LogP contribution in [0.15, 0.2) is 18.2 Å². The predicted octanol–water partition coefficient (Wildman–Crippen LogP) is 3.17. The molecule has 1 N–H and O–H groups in total. The van der Waals surface area contributed by atoms with Crippen molar-refractivity contribution >= 4 is 0 Å². The van der Waals surface area contributed by atoms with Crippen molar-refractivity contribution in [3.63, 3.8) is 0 Å². The van der Waals surface area contributed by atoms with Crippen LogP contribution in [0.4, 0.5) is 8.78 Å². The fraction of sp³-hybridized carbons (Fsp3) is 0.500. The van der Waals surface area contributed by atoms with Crippen molar-refractivity contribution < 1.29 is 8.78 Å². The first-order valence-corrected chi connectivity index (χ1v) is 5.46. The van der Waals surface area contributed by atoms with Crippen LogP contribution in [0.5, 0.6) is 0 Å². The van der Waals surface area contributed by atoms with E-state index in [0.717, 1.165) is 24.9 Å². The molecular weight excluding hydrogens is 196 g/mol. The Labute approximate surface area is 88.5 Å². The van der Waals surface area contributed by atoms with Crippen LogP contribution in [0, 0.1) is 11.6 Å². The smallest absolute Gasteiger partial charge is 0.159 e. The minimum atomic E-state index is -0.771. The van der Waals surface area contributed by atoms with Gasteiger partial charge in [0.25, 0.3) is 0 Å². The zero-order valence-electron chi connectivity index (χ0n) is 8.60. The molecule has 1 aromatic carbocycles. The van der Waals surface area contributed by atoms with Crippen LogP contribution in [0.1, 0.15) is 37.3 Å². The summed E-state index contributed by atoms with van der Waals surface area (Å²) >= 11 is 0. The van der Waals surface area contributed by atoms with Crippen molar-refractivity contribution in [1.82, 2.24) is 5.32 Å². The third-order valence-corrected chi connectivity index (χ3v) is 2.91. The van der Waals surface area contributed by atoms with Crippen LogP contribution < -0.4 is 5.32 Å². The Morgan fingerprint density at radius 1 is 1.07 bits per heavy atom. The topological polar surface area (TPSA) is 12.0 Å². The predicted molar refractivity (Wildman–Crippen MR) is 55.6 cm³/mol. The molecule has 82 valence electrons. The zero-order valence-corrected chi connectivity index (χ0v) is 8.60. The van der Waals surface area contributed by atoms with Crippen molar-refractivity contribution in [2.45, 2.75) is 31.7 Å². The molecule has 0 saturated carbocycles. The summed E-state index contributed by atoms with van der Waals surface area (Å²) in [6, 6.07) is 4.36. The van der Waals surface area contributed by atoms with Crippen LogP contribution in [0.2, 0.25) is 0 Å². The fourth-order valence-electron chi connectivity index (χ4n) is 2.04. The summed E-state index contributed by atoms with van der Waals surface area (Å²) in [7, 11) is 0. The molecule has 1 heterocycles. The summed E-state index contributed by atoms with van der Waals surface area (Å²) in [4.78, 5) is 0. The van der Waals surface area contributed by atoms with Gasteiger partial charge in [-0.1, -0.05) is 18.9 Å². The lowest BCUT2D eigenvalue weighted by molar-refractivity contribution is 0.494. The van der Waals surface area contributed by atoms with Gasteiger partial charge in [0.1, 0.15) is 0 Å². The van der Waals surface area contributed by atoms with Gasteiger partial charge in [-0.3, -0.25) is 0 Å². The second kappa shape index (κ2) is 4.71. The van der Waals surface area contributed by atoms with Crippen LogP contribution in [0.25, 0.3) is 0 Å². The van der Waals surface area contributed by atoms with Crippen molar-refractivity contribution in [1.29, 1.82) is 0 Å². The van der Waals surface area contributed by atoms with Crippen LogP contribution in [-0.4, -0.2) is 6.54 Å². The Morgan fingerprint density at radius 2 is 1.93 bits per heavy atom. The van der Waals surface area contributed by atoms with E-state index >= 15 is 0 Å². The molecule has 1 aliphatic heterocycles. The van der Waals surface area contributed by atoms with E-state index < -0.39 is 11.6 Å². The molecule has 0 spiro atoms. The Hall–Kier alpha value is -0.960. The molecule has 2 rings (SSSR count). The Morgan fingerprint density at radius 3 is 2.73 bits per heavy atom. The van der Waals surface area contributed by atoms with E-state index in [4.69, 9.17) is 0 Å². The molecule has 3 heteroatoms. The first-order chi connectivity index (χ1) is 7.27. The van der Waals surface area contributed by atoms with Gasteiger partial charge < -0.3 is 5.32 Å². The summed E-state index contributed by atoms with van der Waals surface area (Å²) in [6.45, 7) is 0.962. The van der Waals surface area contributed by atoms with Crippen molar-refractivity contribution in [3.8, 4) is 0 Å². The number of benzene rings is 1. The largest absolute Gasteiger partial charge is 0.310 e. The molecule has 0 aliphatic carbocycles. The maximum Gasteiger partial charge on any atom is 0.159 e. The molecule has 0 unspecified atom stereocenters. The molecule has 1 atom stereocenters. The third kappa shape index (κ3) is 2.53. The number of rotatable bonds is 1. The van der Waals surface area contributed by atoms with Gasteiger partial charge in [0.2, 0.25) is 0 Å². The maximum absolute atomic E-state index is 13.0. The van der Waals surface area contributed by atoms with E-state index in [-0.39, 0.29) is 6.04 Å². The van der Waals surface area contributed by atoms with Crippen molar-refractivity contribution in [2.75, 3.05) is 6.54 Å². The zero-order chi connectivity index (χ0) is 10.7. The Balaban J connectivity index is 2.16. The molecule has 0 aromatic heterocycles. The lowest BCUT2D eigenvalue weighted by Crippen LogP contribution is -2.20. The van der Waals surface area contributed by atoms with Crippen LogP contribution in [0.3, 0.4) is 0 Å². The van der Waals surface area contributed by atoms with E-state index in [2.05, 4.69) is 5.32 Å². The van der Waals surface area contributed by atoms with Crippen molar-refractivity contribution in [3.05, 3.63) is 35.4 Å². The van der Waals surface area contributed by atoms with Crippen LogP contribution >= 0.6 is 0 Å². The summed E-state index contributed by atoms with van der Waals surface area (Å²) in [5.41, 5.74) is 0.857.